The first-order chi connectivity index (χ1) is 8.45. The maximum Gasteiger partial charge on any atom is 0.319 e. The fraction of sp³-hybridized carbons (Fsp3) is 0.846. The first kappa shape index (κ1) is 13.3. The monoisotopic (exact) mass is 254 g/mol. The minimum absolute atomic E-state index is 0.167. The van der Waals surface area contributed by atoms with Crippen molar-refractivity contribution in [3.8, 4) is 0 Å². The van der Waals surface area contributed by atoms with E-state index in [-0.39, 0.29) is 5.91 Å². The number of carboxylic acids is 1. The fourth-order valence-corrected chi connectivity index (χ4v) is 2.60. The van der Waals surface area contributed by atoms with Crippen LogP contribution in [0.3, 0.4) is 0 Å². The molecule has 1 amide bonds. The van der Waals surface area contributed by atoms with E-state index in [4.69, 9.17) is 5.11 Å². The summed E-state index contributed by atoms with van der Waals surface area (Å²) in [6.07, 6.45) is 1.01. The van der Waals surface area contributed by atoms with Crippen molar-refractivity contribution in [3.63, 3.8) is 0 Å². The molecule has 0 aromatic carbocycles. The molecule has 0 aromatic rings. The summed E-state index contributed by atoms with van der Waals surface area (Å²) in [5.74, 6) is -0.489. The molecule has 1 aliphatic carbocycles. The minimum Gasteiger partial charge on any atom is -0.480 e. The highest BCUT2D eigenvalue weighted by Gasteiger charge is 2.58. The molecule has 0 bridgehead atoms. The van der Waals surface area contributed by atoms with Crippen LogP contribution in [0.1, 0.15) is 26.7 Å². The quantitative estimate of drug-likeness (QED) is 0.748. The summed E-state index contributed by atoms with van der Waals surface area (Å²) in [6, 6.07) is 0. The third kappa shape index (κ3) is 2.51. The number of carbonyl (C=O) groups excluding carboxylic acids is 1. The number of piperazine rings is 1. The van der Waals surface area contributed by atoms with Crippen molar-refractivity contribution in [2.45, 2.75) is 26.7 Å². The largest absolute Gasteiger partial charge is 0.480 e. The summed E-state index contributed by atoms with van der Waals surface area (Å²) in [7, 11) is 0. The van der Waals surface area contributed by atoms with Gasteiger partial charge < -0.3 is 10.0 Å². The van der Waals surface area contributed by atoms with Gasteiger partial charge in [0.1, 0.15) is 5.41 Å². The third-order valence-corrected chi connectivity index (χ3v) is 3.85. The van der Waals surface area contributed by atoms with Gasteiger partial charge in [-0.2, -0.15) is 0 Å². The Kier molecular flexibility index (Phi) is 3.61. The van der Waals surface area contributed by atoms with E-state index in [0.717, 1.165) is 19.6 Å². The lowest BCUT2D eigenvalue weighted by molar-refractivity contribution is -0.154. The SMILES string of the molecule is CC(C)CN1CCN(C(=O)C2(C(=O)O)CC2)CC1. The number of carboxylic acid groups (broad SMARTS) is 1. The Morgan fingerprint density at radius 2 is 1.72 bits per heavy atom. The van der Waals surface area contributed by atoms with Crippen molar-refractivity contribution >= 4 is 11.9 Å². The van der Waals surface area contributed by atoms with Crippen LogP contribution >= 0.6 is 0 Å². The summed E-state index contributed by atoms with van der Waals surface area (Å²) in [6.45, 7) is 8.47. The van der Waals surface area contributed by atoms with Crippen molar-refractivity contribution in [2.24, 2.45) is 11.3 Å². The second-order valence-corrected chi connectivity index (χ2v) is 5.87. The number of hydrogen-bond acceptors (Lipinski definition) is 3. The zero-order valence-electron chi connectivity index (χ0n) is 11.2. The molecular weight excluding hydrogens is 232 g/mol. The van der Waals surface area contributed by atoms with E-state index >= 15 is 0 Å². The molecule has 1 aliphatic heterocycles. The Hall–Kier alpha value is -1.10. The Bertz CT molecular complexity index is 342. The molecule has 0 spiro atoms. The van der Waals surface area contributed by atoms with E-state index in [1.165, 1.54) is 0 Å². The van der Waals surface area contributed by atoms with Crippen LogP contribution in [0.2, 0.25) is 0 Å². The Morgan fingerprint density at radius 1 is 1.17 bits per heavy atom. The van der Waals surface area contributed by atoms with Crippen LogP contribution in [0.4, 0.5) is 0 Å². The van der Waals surface area contributed by atoms with Crippen LogP contribution in [-0.2, 0) is 9.59 Å². The first-order valence-electron chi connectivity index (χ1n) is 6.71. The van der Waals surface area contributed by atoms with Gasteiger partial charge in [0.05, 0.1) is 0 Å². The highest BCUT2D eigenvalue weighted by molar-refractivity contribution is 6.04. The van der Waals surface area contributed by atoms with Gasteiger partial charge in [-0.15, -0.1) is 0 Å². The molecule has 1 N–H and O–H groups in total. The number of aliphatic carboxylic acids is 1. The van der Waals surface area contributed by atoms with Crippen LogP contribution in [0.25, 0.3) is 0 Å². The Balaban J connectivity index is 1.87. The van der Waals surface area contributed by atoms with Crippen LogP contribution < -0.4 is 0 Å². The molecule has 1 saturated heterocycles. The number of carbonyl (C=O) groups is 2. The van der Waals surface area contributed by atoms with E-state index in [2.05, 4.69) is 18.7 Å². The molecule has 2 aliphatic rings. The lowest BCUT2D eigenvalue weighted by Crippen LogP contribution is -2.52. The van der Waals surface area contributed by atoms with Crippen molar-refractivity contribution in [3.05, 3.63) is 0 Å². The van der Waals surface area contributed by atoms with E-state index in [9.17, 15) is 9.59 Å². The second kappa shape index (κ2) is 4.88. The summed E-state index contributed by atoms with van der Waals surface area (Å²) >= 11 is 0. The smallest absolute Gasteiger partial charge is 0.319 e. The zero-order valence-corrected chi connectivity index (χ0v) is 11.2. The van der Waals surface area contributed by atoms with Gasteiger partial charge in [0.15, 0.2) is 0 Å². The molecule has 2 fully saturated rings. The van der Waals surface area contributed by atoms with E-state index in [0.29, 0.717) is 31.8 Å². The lowest BCUT2D eigenvalue weighted by atomic mass is 10.1. The first-order valence-corrected chi connectivity index (χ1v) is 6.71. The van der Waals surface area contributed by atoms with Crippen LogP contribution in [-0.4, -0.2) is 59.5 Å². The molecule has 0 atom stereocenters. The second-order valence-electron chi connectivity index (χ2n) is 5.87. The Labute approximate surface area is 108 Å². The number of hydrogen-bond donors (Lipinski definition) is 1. The van der Waals surface area contributed by atoms with Gasteiger partial charge in [-0.3, -0.25) is 14.5 Å². The lowest BCUT2D eigenvalue weighted by Gasteiger charge is -2.36. The van der Waals surface area contributed by atoms with Crippen molar-refractivity contribution < 1.29 is 14.7 Å². The van der Waals surface area contributed by atoms with Gasteiger partial charge in [-0.05, 0) is 18.8 Å². The molecule has 102 valence electrons. The van der Waals surface area contributed by atoms with E-state index in [1.807, 2.05) is 0 Å². The number of nitrogens with zero attached hydrogens (tertiary/aromatic N) is 2. The predicted molar refractivity (Wildman–Crippen MR) is 67.2 cm³/mol. The fourth-order valence-electron chi connectivity index (χ4n) is 2.60. The van der Waals surface area contributed by atoms with Gasteiger partial charge in [-0.1, -0.05) is 13.8 Å². The van der Waals surface area contributed by atoms with Crippen LogP contribution in [0.5, 0.6) is 0 Å². The molecule has 1 heterocycles. The summed E-state index contributed by atoms with van der Waals surface area (Å²) in [5, 5.41) is 9.12. The molecule has 0 radical (unpaired) electrons. The van der Waals surface area contributed by atoms with Gasteiger partial charge >= 0.3 is 5.97 Å². The molecular formula is C13H22N2O3. The summed E-state index contributed by atoms with van der Waals surface area (Å²) < 4.78 is 0. The summed E-state index contributed by atoms with van der Waals surface area (Å²) in [4.78, 5) is 27.4. The Morgan fingerprint density at radius 3 is 2.11 bits per heavy atom. The van der Waals surface area contributed by atoms with Crippen LogP contribution in [0, 0.1) is 11.3 Å². The predicted octanol–water partition coefficient (Wildman–Crippen LogP) is 0.651. The average Bonchev–Trinajstić information content (AvgIpc) is 3.09. The molecule has 2 rings (SSSR count). The normalized spacial score (nSPS) is 23.2. The highest BCUT2D eigenvalue weighted by atomic mass is 16.4. The van der Waals surface area contributed by atoms with Crippen molar-refractivity contribution in [2.75, 3.05) is 32.7 Å². The highest BCUT2D eigenvalue weighted by Crippen LogP contribution is 2.47. The van der Waals surface area contributed by atoms with Gasteiger partial charge in [0.2, 0.25) is 5.91 Å². The molecule has 0 unspecified atom stereocenters. The van der Waals surface area contributed by atoms with E-state index < -0.39 is 11.4 Å². The third-order valence-electron chi connectivity index (χ3n) is 3.85. The average molecular weight is 254 g/mol. The maximum atomic E-state index is 12.2. The molecule has 0 aromatic heterocycles. The molecule has 5 nitrogen and oxygen atoms in total. The van der Waals surface area contributed by atoms with Gasteiger partial charge in [0.25, 0.3) is 0 Å². The van der Waals surface area contributed by atoms with Crippen molar-refractivity contribution in [1.29, 1.82) is 0 Å². The molecule has 5 heteroatoms. The minimum atomic E-state index is -1.07. The zero-order chi connectivity index (χ0) is 13.3. The van der Waals surface area contributed by atoms with Crippen molar-refractivity contribution in [1.82, 2.24) is 9.80 Å². The van der Waals surface area contributed by atoms with Gasteiger partial charge in [-0.25, -0.2) is 0 Å². The van der Waals surface area contributed by atoms with E-state index in [1.54, 1.807) is 4.90 Å². The molecule has 18 heavy (non-hydrogen) atoms. The number of amides is 1. The van der Waals surface area contributed by atoms with Crippen LogP contribution in [0.15, 0.2) is 0 Å². The molecule has 1 saturated carbocycles. The maximum absolute atomic E-state index is 12.2. The number of rotatable bonds is 4. The van der Waals surface area contributed by atoms with Gasteiger partial charge in [0, 0.05) is 32.7 Å². The topological polar surface area (TPSA) is 60.9 Å². The standard InChI is InChI=1S/C13H22N2O3/c1-10(2)9-14-5-7-15(8-6-14)11(16)13(3-4-13)12(17)18/h10H,3-9H2,1-2H3,(H,17,18). The summed E-state index contributed by atoms with van der Waals surface area (Å²) in [5.41, 5.74) is -1.07.